The number of urea groups is 1. The Kier molecular flexibility index (Phi) is 6.87. The fourth-order valence-corrected chi connectivity index (χ4v) is 3.51. The topological polar surface area (TPSA) is 57.7 Å². The molecule has 162 valence electrons. The lowest BCUT2D eigenvalue weighted by molar-refractivity contribution is -0.0523. The molecule has 1 aromatic heterocycles. The number of pyridine rings is 1. The lowest BCUT2D eigenvalue weighted by Gasteiger charge is -2.41. The summed E-state index contributed by atoms with van der Waals surface area (Å²) in [5.74, 6) is -0.0782. The zero-order valence-electron chi connectivity index (χ0n) is 17.7. The third-order valence-electron chi connectivity index (χ3n) is 5.37. The van der Waals surface area contributed by atoms with Crippen LogP contribution in [0.3, 0.4) is 0 Å². The first-order valence-electron chi connectivity index (χ1n) is 10.1. The number of nitrogens with one attached hydrogen (secondary N) is 1. The summed E-state index contributed by atoms with van der Waals surface area (Å²) >= 11 is 0. The molecule has 0 aliphatic carbocycles. The Hall–Kier alpha value is -2.74. The number of carbonyl (C=O) groups excluding carboxylic acids is 1. The van der Waals surface area contributed by atoms with Gasteiger partial charge in [-0.3, -0.25) is 4.90 Å². The SMILES string of the molecule is Cc1ccc(NC(=O)N(CC2CCN2C)c2ccccc2C(C)C)c(OC(F)F)n1. The predicted molar refractivity (Wildman–Crippen MR) is 114 cm³/mol. The minimum absolute atomic E-state index is 0.111. The number of rotatable bonds is 7. The van der Waals surface area contributed by atoms with Gasteiger partial charge in [-0.25, -0.2) is 9.78 Å². The fourth-order valence-electron chi connectivity index (χ4n) is 3.51. The third-order valence-corrected chi connectivity index (χ3v) is 5.37. The Bertz CT molecular complexity index is 891. The van der Waals surface area contributed by atoms with Crippen molar-refractivity contribution in [2.75, 3.05) is 30.4 Å². The van der Waals surface area contributed by atoms with Gasteiger partial charge in [0, 0.05) is 24.0 Å². The molecule has 0 saturated carbocycles. The summed E-state index contributed by atoms with van der Waals surface area (Å²) in [4.78, 5) is 21.2. The molecule has 3 rings (SSSR count). The van der Waals surface area contributed by atoms with E-state index in [9.17, 15) is 13.6 Å². The molecule has 1 aliphatic heterocycles. The smallest absolute Gasteiger partial charge is 0.388 e. The average molecular weight is 418 g/mol. The highest BCUT2D eigenvalue weighted by molar-refractivity contribution is 6.03. The molecule has 6 nitrogen and oxygen atoms in total. The number of para-hydroxylation sites is 1. The second kappa shape index (κ2) is 9.38. The number of hydrogen-bond donors (Lipinski definition) is 1. The molecule has 1 saturated heterocycles. The van der Waals surface area contributed by atoms with Crippen LogP contribution in [0.5, 0.6) is 5.88 Å². The molecular weight excluding hydrogens is 390 g/mol. The van der Waals surface area contributed by atoms with Crippen LogP contribution >= 0.6 is 0 Å². The molecule has 0 radical (unpaired) electrons. The second-order valence-corrected chi connectivity index (χ2v) is 7.86. The zero-order valence-corrected chi connectivity index (χ0v) is 17.7. The van der Waals surface area contributed by atoms with E-state index in [0.717, 1.165) is 24.2 Å². The Balaban J connectivity index is 1.92. The Morgan fingerprint density at radius 3 is 2.63 bits per heavy atom. The molecule has 1 unspecified atom stereocenters. The van der Waals surface area contributed by atoms with Crippen LogP contribution in [-0.4, -0.2) is 48.7 Å². The van der Waals surface area contributed by atoms with E-state index >= 15 is 0 Å². The van der Waals surface area contributed by atoms with Gasteiger partial charge in [0.2, 0.25) is 5.88 Å². The molecule has 30 heavy (non-hydrogen) atoms. The monoisotopic (exact) mass is 418 g/mol. The first kappa shape index (κ1) is 22.0. The number of aryl methyl sites for hydroxylation is 1. The van der Waals surface area contributed by atoms with Crippen LogP contribution < -0.4 is 15.0 Å². The average Bonchev–Trinajstić information content (AvgIpc) is 2.69. The number of likely N-dealkylation sites (N-methyl/N-ethyl adjacent to an activating group) is 1. The van der Waals surface area contributed by atoms with Gasteiger partial charge in [0.15, 0.2) is 0 Å². The van der Waals surface area contributed by atoms with E-state index in [1.165, 1.54) is 6.07 Å². The van der Waals surface area contributed by atoms with Gasteiger partial charge in [-0.15, -0.1) is 0 Å². The number of benzene rings is 1. The number of likely N-dealkylation sites (tertiary alicyclic amines) is 1. The number of alkyl halides is 2. The summed E-state index contributed by atoms with van der Waals surface area (Å²) in [6, 6.07) is 10.8. The van der Waals surface area contributed by atoms with Crippen molar-refractivity contribution in [3.63, 3.8) is 0 Å². The molecule has 8 heteroatoms. The van der Waals surface area contributed by atoms with Crippen molar-refractivity contribution in [3.8, 4) is 5.88 Å². The first-order valence-corrected chi connectivity index (χ1v) is 10.1. The van der Waals surface area contributed by atoms with Gasteiger partial charge in [-0.2, -0.15) is 8.78 Å². The van der Waals surface area contributed by atoms with Crippen molar-refractivity contribution in [1.29, 1.82) is 0 Å². The summed E-state index contributed by atoms with van der Waals surface area (Å²) in [6.45, 7) is 4.26. The van der Waals surface area contributed by atoms with Crippen LogP contribution in [0.15, 0.2) is 36.4 Å². The van der Waals surface area contributed by atoms with Crippen molar-refractivity contribution in [3.05, 3.63) is 47.7 Å². The van der Waals surface area contributed by atoms with E-state index in [2.05, 4.69) is 33.8 Å². The molecule has 1 N–H and O–H groups in total. The number of halogens is 2. The molecule has 1 atom stereocenters. The number of carbonyl (C=O) groups is 1. The number of hydrogen-bond acceptors (Lipinski definition) is 4. The van der Waals surface area contributed by atoms with E-state index in [0.29, 0.717) is 12.2 Å². The van der Waals surface area contributed by atoms with Crippen molar-refractivity contribution in [2.45, 2.75) is 45.8 Å². The lowest BCUT2D eigenvalue weighted by Crippen LogP contribution is -2.53. The molecular formula is C22H28F2N4O2. The Morgan fingerprint density at radius 1 is 1.30 bits per heavy atom. The van der Waals surface area contributed by atoms with Crippen LogP contribution in [0.2, 0.25) is 0 Å². The predicted octanol–water partition coefficient (Wildman–Crippen LogP) is 4.86. The van der Waals surface area contributed by atoms with Crippen molar-refractivity contribution >= 4 is 17.4 Å². The molecule has 0 bridgehead atoms. The Morgan fingerprint density at radius 2 is 2.03 bits per heavy atom. The molecule has 1 fully saturated rings. The number of ether oxygens (including phenoxy) is 1. The van der Waals surface area contributed by atoms with Gasteiger partial charge in [-0.1, -0.05) is 32.0 Å². The summed E-state index contributed by atoms with van der Waals surface area (Å²) in [6.07, 6.45) is 0.996. The fraction of sp³-hybridized carbons (Fsp3) is 0.455. The van der Waals surface area contributed by atoms with Gasteiger partial charge >= 0.3 is 12.6 Å². The van der Waals surface area contributed by atoms with Gasteiger partial charge in [0.25, 0.3) is 0 Å². The number of aromatic nitrogens is 1. The highest BCUT2D eigenvalue weighted by Gasteiger charge is 2.30. The van der Waals surface area contributed by atoms with Crippen LogP contribution in [0.4, 0.5) is 25.0 Å². The van der Waals surface area contributed by atoms with Crippen LogP contribution in [0, 0.1) is 6.92 Å². The molecule has 2 heterocycles. The minimum atomic E-state index is -3.03. The van der Waals surface area contributed by atoms with Crippen LogP contribution in [0.25, 0.3) is 0 Å². The number of anilines is 2. The lowest BCUT2D eigenvalue weighted by atomic mass is 9.99. The third kappa shape index (κ3) is 5.05. The second-order valence-electron chi connectivity index (χ2n) is 7.86. The van der Waals surface area contributed by atoms with Crippen molar-refractivity contribution in [1.82, 2.24) is 9.88 Å². The highest BCUT2D eigenvalue weighted by atomic mass is 19.3. The highest BCUT2D eigenvalue weighted by Crippen LogP contribution is 2.31. The summed E-state index contributed by atoms with van der Waals surface area (Å²) in [7, 11) is 2.02. The van der Waals surface area contributed by atoms with Gasteiger partial charge in [-0.05, 0) is 56.6 Å². The number of nitrogens with zero attached hydrogens (tertiary/aromatic N) is 3. The van der Waals surface area contributed by atoms with Gasteiger partial charge in [0.05, 0.1) is 0 Å². The number of amides is 2. The van der Waals surface area contributed by atoms with Crippen LogP contribution in [-0.2, 0) is 0 Å². The maximum atomic E-state index is 13.3. The quantitative estimate of drug-likeness (QED) is 0.698. The maximum absolute atomic E-state index is 13.3. The zero-order chi connectivity index (χ0) is 21.8. The Labute approximate surface area is 175 Å². The summed E-state index contributed by atoms with van der Waals surface area (Å²) < 4.78 is 30.1. The van der Waals surface area contributed by atoms with Crippen molar-refractivity contribution in [2.24, 2.45) is 0 Å². The molecule has 1 aromatic carbocycles. The normalized spacial score (nSPS) is 16.5. The van der Waals surface area contributed by atoms with Gasteiger partial charge < -0.3 is 15.0 Å². The minimum Gasteiger partial charge on any atom is -0.415 e. The summed E-state index contributed by atoms with van der Waals surface area (Å²) in [5.41, 5.74) is 2.48. The van der Waals surface area contributed by atoms with E-state index in [-0.39, 0.29) is 23.5 Å². The van der Waals surface area contributed by atoms with Crippen LogP contribution in [0.1, 0.15) is 37.4 Å². The van der Waals surface area contributed by atoms with E-state index in [1.54, 1.807) is 17.9 Å². The van der Waals surface area contributed by atoms with E-state index in [1.807, 2.05) is 31.3 Å². The molecule has 2 amide bonds. The molecule has 0 spiro atoms. The van der Waals surface area contributed by atoms with E-state index in [4.69, 9.17) is 0 Å². The first-order chi connectivity index (χ1) is 14.3. The summed E-state index contributed by atoms with van der Waals surface area (Å²) in [5, 5.41) is 2.72. The van der Waals surface area contributed by atoms with Gasteiger partial charge in [0.1, 0.15) is 5.69 Å². The standard InChI is InChI=1S/C22H28F2N4O2/c1-14(2)17-7-5-6-8-19(17)28(13-16-11-12-27(16)4)22(29)26-18-10-9-15(3)25-20(18)30-21(23)24/h5-10,14,16,21H,11-13H2,1-4H3,(H,26,29). The maximum Gasteiger partial charge on any atom is 0.388 e. The van der Waals surface area contributed by atoms with Crippen molar-refractivity contribution < 1.29 is 18.3 Å². The molecule has 1 aliphatic rings. The molecule has 2 aromatic rings. The van der Waals surface area contributed by atoms with E-state index < -0.39 is 12.6 Å². The largest absolute Gasteiger partial charge is 0.415 e.